The van der Waals surface area contributed by atoms with E-state index in [0.717, 1.165) is 48.9 Å². The number of para-hydroxylation sites is 1. The molecular weight excluding hydrogens is 381 g/mol. The molecule has 3 aromatic rings. The molecule has 2 saturated heterocycles. The highest BCUT2D eigenvalue weighted by molar-refractivity contribution is 6.04. The number of hydrogen-bond acceptors (Lipinski definition) is 4. The third-order valence-corrected chi connectivity index (χ3v) is 6.69. The van der Waals surface area contributed by atoms with Gasteiger partial charge < -0.3 is 5.73 Å². The van der Waals surface area contributed by atoms with Crippen LogP contribution in [0.25, 0.3) is 10.9 Å². The van der Waals surface area contributed by atoms with Crippen LogP contribution in [-0.4, -0.2) is 57.7 Å². The standard InChI is InChI=1S/C23H26FN5O/c1-27-18-10-17(29-21-5-3-2-4-20(21)22(26-29)23(25)30)11-19(27)14-28(13-18)12-15-6-8-16(24)9-7-15/h2-9,17-19H,10-14H2,1H3,(H2,25,30). The van der Waals surface area contributed by atoms with Gasteiger partial charge in [0.1, 0.15) is 5.82 Å². The molecule has 0 aliphatic carbocycles. The number of hydrogen-bond donors (Lipinski definition) is 1. The first kappa shape index (κ1) is 19.2. The van der Waals surface area contributed by atoms with Crippen molar-refractivity contribution in [3.8, 4) is 0 Å². The van der Waals surface area contributed by atoms with Gasteiger partial charge in [-0.3, -0.25) is 19.3 Å². The second-order valence-corrected chi connectivity index (χ2v) is 8.59. The minimum Gasteiger partial charge on any atom is -0.364 e. The molecule has 2 unspecified atom stereocenters. The van der Waals surface area contributed by atoms with Gasteiger partial charge in [-0.05, 0) is 43.7 Å². The van der Waals surface area contributed by atoms with Crippen molar-refractivity contribution in [2.24, 2.45) is 5.73 Å². The van der Waals surface area contributed by atoms with Crippen molar-refractivity contribution < 1.29 is 9.18 Å². The third kappa shape index (κ3) is 3.38. The van der Waals surface area contributed by atoms with Crippen LogP contribution in [0.4, 0.5) is 4.39 Å². The number of carbonyl (C=O) groups is 1. The zero-order chi connectivity index (χ0) is 20.8. The van der Waals surface area contributed by atoms with Crippen LogP contribution in [0.15, 0.2) is 48.5 Å². The summed E-state index contributed by atoms with van der Waals surface area (Å²) in [7, 11) is 2.21. The van der Waals surface area contributed by atoms with Gasteiger partial charge in [-0.25, -0.2) is 4.39 Å². The molecule has 2 aromatic carbocycles. The lowest BCUT2D eigenvalue weighted by Gasteiger charge is -2.51. The van der Waals surface area contributed by atoms with Crippen molar-refractivity contribution in [2.45, 2.75) is 37.5 Å². The Morgan fingerprint density at radius 3 is 2.40 bits per heavy atom. The minimum atomic E-state index is -0.483. The molecule has 3 heterocycles. The van der Waals surface area contributed by atoms with Crippen LogP contribution in [0.3, 0.4) is 0 Å². The molecule has 0 saturated carbocycles. The Bertz CT molecular complexity index is 1060. The van der Waals surface area contributed by atoms with Crippen molar-refractivity contribution >= 4 is 16.8 Å². The van der Waals surface area contributed by atoms with E-state index in [1.54, 1.807) is 0 Å². The van der Waals surface area contributed by atoms with Crippen molar-refractivity contribution in [2.75, 3.05) is 20.1 Å². The summed E-state index contributed by atoms with van der Waals surface area (Å²) in [6, 6.07) is 15.7. The first-order valence-electron chi connectivity index (χ1n) is 10.5. The summed E-state index contributed by atoms with van der Waals surface area (Å²) in [4.78, 5) is 16.9. The van der Waals surface area contributed by atoms with E-state index in [1.165, 1.54) is 12.1 Å². The Balaban J connectivity index is 1.38. The number of rotatable bonds is 4. The molecule has 5 rings (SSSR count). The van der Waals surface area contributed by atoms with Crippen LogP contribution in [-0.2, 0) is 6.54 Å². The predicted molar refractivity (Wildman–Crippen MR) is 114 cm³/mol. The number of amides is 1. The SMILES string of the molecule is CN1C2CC(n3nc(C(N)=O)c4ccccc43)CC1CN(Cc1ccc(F)cc1)C2. The number of nitrogens with two attached hydrogens (primary N) is 1. The van der Waals surface area contributed by atoms with Crippen molar-refractivity contribution in [1.82, 2.24) is 19.6 Å². The summed E-state index contributed by atoms with van der Waals surface area (Å²) in [5.74, 6) is -0.679. The third-order valence-electron chi connectivity index (χ3n) is 6.69. The molecule has 0 radical (unpaired) electrons. The van der Waals surface area contributed by atoms with Crippen LogP contribution >= 0.6 is 0 Å². The summed E-state index contributed by atoms with van der Waals surface area (Å²) < 4.78 is 15.2. The van der Waals surface area contributed by atoms with Crippen molar-refractivity contribution in [3.05, 3.63) is 65.6 Å². The van der Waals surface area contributed by atoms with Gasteiger partial charge in [0.15, 0.2) is 5.69 Å². The largest absolute Gasteiger partial charge is 0.364 e. The van der Waals surface area contributed by atoms with E-state index in [4.69, 9.17) is 5.73 Å². The fourth-order valence-corrected chi connectivity index (χ4v) is 5.16. The molecule has 7 heteroatoms. The van der Waals surface area contributed by atoms with Crippen LogP contribution in [0, 0.1) is 5.82 Å². The maximum Gasteiger partial charge on any atom is 0.269 e. The van der Waals surface area contributed by atoms with E-state index in [2.05, 4.69) is 21.9 Å². The molecule has 2 aliphatic rings. The fourth-order valence-electron chi connectivity index (χ4n) is 5.16. The van der Waals surface area contributed by atoms with Gasteiger partial charge in [0, 0.05) is 37.1 Å². The number of aromatic nitrogens is 2. The quantitative estimate of drug-likeness (QED) is 0.722. The second kappa shape index (κ2) is 7.49. The summed E-state index contributed by atoms with van der Waals surface area (Å²) in [5.41, 5.74) is 8.05. The van der Waals surface area contributed by atoms with E-state index >= 15 is 0 Å². The van der Waals surface area contributed by atoms with Gasteiger partial charge in [-0.1, -0.05) is 30.3 Å². The monoisotopic (exact) mass is 407 g/mol. The Kier molecular flexibility index (Phi) is 4.79. The Morgan fingerprint density at radius 2 is 1.73 bits per heavy atom. The maximum atomic E-state index is 13.2. The predicted octanol–water partition coefficient (Wildman–Crippen LogP) is 2.79. The average molecular weight is 407 g/mol. The molecule has 2 N–H and O–H groups in total. The highest BCUT2D eigenvalue weighted by Crippen LogP contribution is 2.36. The summed E-state index contributed by atoms with van der Waals surface area (Å²) in [5, 5.41) is 5.46. The summed E-state index contributed by atoms with van der Waals surface area (Å²) in [6.07, 6.45) is 1.94. The molecule has 30 heavy (non-hydrogen) atoms. The number of likely N-dealkylation sites (tertiary alicyclic amines) is 1. The number of piperazine rings is 1. The average Bonchev–Trinajstić information content (AvgIpc) is 3.10. The van der Waals surface area contributed by atoms with Crippen LogP contribution in [0.1, 0.15) is 34.9 Å². The number of fused-ring (bicyclic) bond motifs is 3. The molecule has 0 spiro atoms. The molecular formula is C23H26FN5O. The first-order valence-corrected chi connectivity index (χ1v) is 10.5. The minimum absolute atomic E-state index is 0.196. The van der Waals surface area contributed by atoms with E-state index in [9.17, 15) is 9.18 Å². The smallest absolute Gasteiger partial charge is 0.269 e. The second-order valence-electron chi connectivity index (χ2n) is 8.59. The number of primary amides is 1. The summed E-state index contributed by atoms with van der Waals surface area (Å²) in [6.45, 7) is 2.76. The van der Waals surface area contributed by atoms with E-state index in [-0.39, 0.29) is 11.9 Å². The van der Waals surface area contributed by atoms with Crippen molar-refractivity contribution in [1.29, 1.82) is 0 Å². The zero-order valence-corrected chi connectivity index (χ0v) is 17.0. The van der Waals surface area contributed by atoms with Gasteiger partial charge in [-0.2, -0.15) is 5.10 Å². The lowest BCUT2D eigenvalue weighted by atomic mass is 9.88. The molecule has 1 amide bonds. The van der Waals surface area contributed by atoms with Gasteiger partial charge in [0.2, 0.25) is 0 Å². The van der Waals surface area contributed by atoms with Crippen LogP contribution in [0.5, 0.6) is 0 Å². The molecule has 2 atom stereocenters. The number of piperidine rings is 1. The molecule has 2 aliphatic heterocycles. The molecule has 156 valence electrons. The number of carbonyl (C=O) groups excluding carboxylic acids is 1. The molecule has 6 nitrogen and oxygen atoms in total. The molecule has 1 aromatic heterocycles. The fraction of sp³-hybridized carbons (Fsp3) is 0.391. The van der Waals surface area contributed by atoms with E-state index in [1.807, 2.05) is 41.1 Å². The normalized spacial score (nSPS) is 24.9. The van der Waals surface area contributed by atoms with Gasteiger partial charge in [-0.15, -0.1) is 0 Å². The molecule has 2 fully saturated rings. The topological polar surface area (TPSA) is 67.4 Å². The first-order chi connectivity index (χ1) is 14.5. The number of benzene rings is 2. The van der Waals surface area contributed by atoms with Crippen molar-refractivity contribution in [3.63, 3.8) is 0 Å². The highest BCUT2D eigenvalue weighted by Gasteiger charge is 2.40. The highest BCUT2D eigenvalue weighted by atomic mass is 19.1. The number of likely N-dealkylation sites (N-methyl/N-ethyl adjacent to an activating group) is 1. The lowest BCUT2D eigenvalue weighted by Crippen LogP contribution is -2.60. The summed E-state index contributed by atoms with van der Waals surface area (Å²) >= 11 is 0. The van der Waals surface area contributed by atoms with Crippen LogP contribution < -0.4 is 5.73 Å². The Morgan fingerprint density at radius 1 is 1.07 bits per heavy atom. The molecule has 2 bridgehead atoms. The Labute approximate surface area is 175 Å². The number of halogens is 1. The van der Waals surface area contributed by atoms with Gasteiger partial charge in [0.05, 0.1) is 11.6 Å². The van der Waals surface area contributed by atoms with Crippen LogP contribution in [0.2, 0.25) is 0 Å². The lowest BCUT2D eigenvalue weighted by molar-refractivity contribution is -0.0132. The van der Waals surface area contributed by atoms with E-state index in [0.29, 0.717) is 17.8 Å². The van der Waals surface area contributed by atoms with E-state index < -0.39 is 5.91 Å². The van der Waals surface area contributed by atoms with Gasteiger partial charge in [0.25, 0.3) is 5.91 Å². The zero-order valence-electron chi connectivity index (χ0n) is 17.0. The van der Waals surface area contributed by atoms with Gasteiger partial charge >= 0.3 is 0 Å². The number of nitrogens with zero attached hydrogens (tertiary/aromatic N) is 4. The Hall–Kier alpha value is -2.77. The maximum absolute atomic E-state index is 13.2.